The molecule has 2 aromatic heterocycles. The summed E-state index contributed by atoms with van der Waals surface area (Å²) in [6, 6.07) is 17.4. The van der Waals surface area contributed by atoms with Gasteiger partial charge in [0.1, 0.15) is 17.6 Å². The molecule has 4 aromatic rings. The molecule has 0 saturated carbocycles. The first-order chi connectivity index (χ1) is 15.2. The monoisotopic (exact) mass is 418 g/mol. The Balaban J connectivity index is 1.36. The number of aromatic nitrogens is 4. The van der Waals surface area contributed by atoms with Gasteiger partial charge in [0.25, 0.3) is 5.89 Å². The fourth-order valence-electron chi connectivity index (χ4n) is 3.59. The molecule has 0 bridgehead atoms. The van der Waals surface area contributed by atoms with Crippen LogP contribution in [0.15, 0.2) is 59.1 Å². The minimum Gasteiger partial charge on any atom is -0.497 e. The number of rotatable bonds is 6. The highest BCUT2D eigenvalue weighted by atomic mass is 16.5. The standard InChI is InChI=1S/C23H22N4O4/c1-3-29-19-6-4-5-16(11-19)22-24-23(31-26-22)20-12-17-14-30-21(13-27(17)25-20)15-7-9-18(28-2)10-8-15/h4-12,21H,3,13-14H2,1-2H3/t21-/m1/s1. The van der Waals surface area contributed by atoms with Gasteiger partial charge in [-0.2, -0.15) is 10.1 Å². The SMILES string of the molecule is CCOc1cccc(-c2noc(-c3cc4n(n3)C[C@H](c3ccc(OC)cc3)OC4)n2)c1. The summed E-state index contributed by atoms with van der Waals surface area (Å²) in [6.07, 6.45) is -0.0780. The van der Waals surface area contributed by atoms with Crippen LogP contribution in [0.4, 0.5) is 0 Å². The Morgan fingerprint density at radius 3 is 2.77 bits per heavy atom. The fourth-order valence-corrected chi connectivity index (χ4v) is 3.59. The van der Waals surface area contributed by atoms with Gasteiger partial charge < -0.3 is 18.7 Å². The zero-order valence-corrected chi connectivity index (χ0v) is 17.3. The van der Waals surface area contributed by atoms with Crippen molar-refractivity contribution in [2.75, 3.05) is 13.7 Å². The summed E-state index contributed by atoms with van der Waals surface area (Å²) in [6.45, 7) is 3.61. The number of fused-ring (bicyclic) bond motifs is 1. The summed E-state index contributed by atoms with van der Waals surface area (Å²) in [5, 5.41) is 8.79. The van der Waals surface area contributed by atoms with Crippen LogP contribution in [-0.4, -0.2) is 33.6 Å². The molecule has 0 unspecified atom stereocenters. The molecule has 5 rings (SSSR count). The molecule has 31 heavy (non-hydrogen) atoms. The molecular formula is C23H22N4O4. The Labute approximate surface area is 179 Å². The van der Waals surface area contributed by atoms with Gasteiger partial charge in [0, 0.05) is 5.56 Å². The van der Waals surface area contributed by atoms with E-state index in [1.54, 1.807) is 7.11 Å². The molecule has 8 nitrogen and oxygen atoms in total. The van der Waals surface area contributed by atoms with E-state index in [1.807, 2.05) is 66.2 Å². The molecule has 0 amide bonds. The molecule has 158 valence electrons. The number of ether oxygens (including phenoxy) is 3. The van der Waals surface area contributed by atoms with E-state index < -0.39 is 0 Å². The Bertz CT molecular complexity index is 1180. The maximum atomic E-state index is 6.04. The van der Waals surface area contributed by atoms with Crippen molar-refractivity contribution in [3.05, 3.63) is 65.9 Å². The Kier molecular flexibility index (Phi) is 5.13. The van der Waals surface area contributed by atoms with Crippen LogP contribution in [0.3, 0.4) is 0 Å². The first-order valence-corrected chi connectivity index (χ1v) is 10.1. The van der Waals surface area contributed by atoms with Crippen molar-refractivity contribution >= 4 is 0 Å². The maximum Gasteiger partial charge on any atom is 0.278 e. The van der Waals surface area contributed by atoms with E-state index in [9.17, 15) is 0 Å². The normalized spacial score (nSPS) is 15.5. The lowest BCUT2D eigenvalue weighted by Gasteiger charge is -2.24. The number of benzene rings is 2. The number of nitrogens with zero attached hydrogens (tertiary/aromatic N) is 4. The van der Waals surface area contributed by atoms with Crippen molar-refractivity contribution in [2.24, 2.45) is 0 Å². The van der Waals surface area contributed by atoms with Gasteiger partial charge >= 0.3 is 0 Å². The third-order valence-corrected chi connectivity index (χ3v) is 5.17. The third kappa shape index (κ3) is 3.89. The zero-order chi connectivity index (χ0) is 21.2. The zero-order valence-electron chi connectivity index (χ0n) is 17.3. The summed E-state index contributed by atoms with van der Waals surface area (Å²) in [7, 11) is 1.66. The Morgan fingerprint density at radius 1 is 1.10 bits per heavy atom. The predicted molar refractivity (Wildman–Crippen MR) is 113 cm³/mol. The summed E-state index contributed by atoms with van der Waals surface area (Å²) in [4.78, 5) is 4.53. The smallest absolute Gasteiger partial charge is 0.278 e. The van der Waals surface area contributed by atoms with E-state index in [0.717, 1.165) is 28.3 Å². The highest BCUT2D eigenvalue weighted by Crippen LogP contribution is 2.30. The highest BCUT2D eigenvalue weighted by molar-refractivity contribution is 5.59. The van der Waals surface area contributed by atoms with Crippen molar-refractivity contribution in [2.45, 2.75) is 26.2 Å². The van der Waals surface area contributed by atoms with Crippen molar-refractivity contribution in [3.63, 3.8) is 0 Å². The second-order valence-corrected chi connectivity index (χ2v) is 7.16. The van der Waals surface area contributed by atoms with Gasteiger partial charge in [-0.1, -0.05) is 29.4 Å². The average Bonchev–Trinajstić information content (AvgIpc) is 3.46. The summed E-state index contributed by atoms with van der Waals surface area (Å²) >= 11 is 0. The summed E-state index contributed by atoms with van der Waals surface area (Å²) in [5.74, 6) is 2.46. The van der Waals surface area contributed by atoms with Crippen LogP contribution < -0.4 is 9.47 Å². The lowest BCUT2D eigenvalue weighted by atomic mass is 10.1. The van der Waals surface area contributed by atoms with E-state index in [1.165, 1.54) is 0 Å². The number of hydrogen-bond acceptors (Lipinski definition) is 7. The second-order valence-electron chi connectivity index (χ2n) is 7.16. The van der Waals surface area contributed by atoms with E-state index in [0.29, 0.717) is 37.2 Å². The topological polar surface area (TPSA) is 84.4 Å². The second kappa shape index (κ2) is 8.23. The van der Waals surface area contributed by atoms with Crippen LogP contribution in [0.5, 0.6) is 11.5 Å². The highest BCUT2D eigenvalue weighted by Gasteiger charge is 2.24. The van der Waals surface area contributed by atoms with Gasteiger partial charge in [0.05, 0.1) is 32.6 Å². The lowest BCUT2D eigenvalue weighted by Crippen LogP contribution is -2.21. The van der Waals surface area contributed by atoms with Crippen molar-refractivity contribution in [1.29, 1.82) is 0 Å². The molecule has 1 atom stereocenters. The Morgan fingerprint density at radius 2 is 1.97 bits per heavy atom. The molecule has 0 fully saturated rings. The Hall–Kier alpha value is -3.65. The minimum absolute atomic E-state index is 0.0780. The molecular weight excluding hydrogens is 396 g/mol. The molecule has 1 aliphatic heterocycles. The molecule has 0 spiro atoms. The molecule has 3 heterocycles. The predicted octanol–water partition coefficient (Wildman–Crippen LogP) is 4.28. The molecule has 1 aliphatic rings. The molecule has 0 radical (unpaired) electrons. The van der Waals surface area contributed by atoms with Gasteiger partial charge in [0.2, 0.25) is 5.82 Å². The van der Waals surface area contributed by atoms with Crippen molar-refractivity contribution in [1.82, 2.24) is 19.9 Å². The number of hydrogen-bond donors (Lipinski definition) is 0. The van der Waals surface area contributed by atoms with Gasteiger partial charge in [-0.25, -0.2) is 0 Å². The largest absolute Gasteiger partial charge is 0.497 e. The summed E-state index contributed by atoms with van der Waals surface area (Å²) < 4.78 is 24.2. The molecule has 0 saturated heterocycles. The van der Waals surface area contributed by atoms with E-state index in [2.05, 4.69) is 15.2 Å². The first kappa shape index (κ1) is 19.3. The van der Waals surface area contributed by atoms with Gasteiger partial charge in [-0.15, -0.1) is 0 Å². The van der Waals surface area contributed by atoms with E-state index in [4.69, 9.17) is 18.7 Å². The fraction of sp³-hybridized carbons (Fsp3) is 0.261. The van der Waals surface area contributed by atoms with Crippen LogP contribution in [0.25, 0.3) is 23.0 Å². The number of methoxy groups -OCH3 is 1. The van der Waals surface area contributed by atoms with Crippen LogP contribution >= 0.6 is 0 Å². The van der Waals surface area contributed by atoms with E-state index in [-0.39, 0.29) is 6.10 Å². The molecule has 8 heteroatoms. The molecule has 2 aromatic carbocycles. The van der Waals surface area contributed by atoms with Crippen LogP contribution in [0, 0.1) is 0 Å². The lowest BCUT2D eigenvalue weighted by molar-refractivity contribution is -0.00115. The van der Waals surface area contributed by atoms with Crippen molar-refractivity contribution < 1.29 is 18.7 Å². The molecule has 0 N–H and O–H groups in total. The van der Waals surface area contributed by atoms with E-state index >= 15 is 0 Å². The van der Waals surface area contributed by atoms with Gasteiger partial charge in [-0.05, 0) is 42.8 Å². The minimum atomic E-state index is -0.0780. The van der Waals surface area contributed by atoms with Crippen LogP contribution in [-0.2, 0) is 17.9 Å². The third-order valence-electron chi connectivity index (χ3n) is 5.17. The van der Waals surface area contributed by atoms with Crippen LogP contribution in [0.1, 0.15) is 24.3 Å². The first-order valence-electron chi connectivity index (χ1n) is 10.1. The van der Waals surface area contributed by atoms with Gasteiger partial charge in [0.15, 0.2) is 5.69 Å². The average molecular weight is 418 g/mol. The van der Waals surface area contributed by atoms with Crippen LogP contribution in [0.2, 0.25) is 0 Å². The summed E-state index contributed by atoms with van der Waals surface area (Å²) in [5.41, 5.74) is 3.51. The molecule has 0 aliphatic carbocycles. The van der Waals surface area contributed by atoms with Crippen molar-refractivity contribution in [3.8, 4) is 34.5 Å². The quantitative estimate of drug-likeness (QED) is 0.462. The van der Waals surface area contributed by atoms with Gasteiger partial charge in [-0.3, -0.25) is 4.68 Å². The maximum absolute atomic E-state index is 6.04.